The van der Waals surface area contributed by atoms with E-state index in [-0.39, 0.29) is 180 Å². The molecule has 0 radical (unpaired) electrons. The number of hydrogen-bond donors (Lipinski definition) is 13. The van der Waals surface area contributed by atoms with E-state index in [2.05, 4.69) is 11.9 Å². The predicted molar refractivity (Wildman–Crippen MR) is 410 cm³/mol. The van der Waals surface area contributed by atoms with Gasteiger partial charge in [-0.1, -0.05) is 12.6 Å². The van der Waals surface area contributed by atoms with Crippen molar-refractivity contribution in [3.63, 3.8) is 0 Å². The van der Waals surface area contributed by atoms with E-state index >= 15 is 0 Å². The summed E-state index contributed by atoms with van der Waals surface area (Å²) in [6.07, 6.45) is -14.1. The van der Waals surface area contributed by atoms with Crippen LogP contribution < -0.4 is 5.32 Å². The van der Waals surface area contributed by atoms with Crippen LogP contribution in [-0.4, -0.2) is 242 Å². The van der Waals surface area contributed by atoms with Gasteiger partial charge in [0.2, 0.25) is 11.6 Å². The number of aryl methyl sites for hydroxylation is 1. The first-order valence-corrected chi connectivity index (χ1v) is 39.7. The molecule has 0 aromatic heterocycles. The third kappa shape index (κ3) is 13.6. The Morgan fingerprint density at radius 2 is 1.12 bits per heavy atom. The molecule has 15 aliphatic rings. The molecule has 2 bridgehead atoms. The summed E-state index contributed by atoms with van der Waals surface area (Å²) in [7, 11) is 1.81. The van der Waals surface area contributed by atoms with E-state index in [9.17, 15) is 109 Å². The standard InChI is InChI=1S/C25H29NO7.C23H24O8.C22H22O10.C17H16O7/c1-10-7-17-25(31-10)20-18(11(2)32-17)24(30)19-15(23(20)29)6-5-14(22(19)28)16-8-13(9-26-4)21(27)12(3)33-16;1-8(24)4-12-5-11-6-13-17(21(27)16(11)9(2)30-12)22(28)19-18(20(13)26)14-7-15(25)23(19,29)10(3)31-14;1-6-14-9(22-12(30-6)5-13(24)32-22)3-8-15(19(14)27)20(28)21(29)16(18(8)26)11-4-10(23)17(25)7(2)31-11;1-6-3-10(18)13-14(15(6)21)17(23)12-7(2)24-8(5-11(19)20)4-9(12)16(13)22/h5-6,11-13,16-17,21,25-28H,1,7-9H2,2-4H3;6,9-10,12,14-15,25,27,29H,4-5,7H2,1-3H3;3,6-7,10-12,17,22-23,25-27H,4-5H2,1-2H3;3,7-8,18,21H,4-5H2,1-2H3,(H,19,20)/t11-,12-,13+,16?,17-,21-,25+;9-,10?,12-,14?,15?,23?;6-,7?,10?,11?,12?,17?,22?;7-,8+/m1001/s1. The molecule has 10 aliphatic heterocycles. The highest BCUT2D eigenvalue weighted by atomic mass is 16.6. The molecule has 5 fully saturated rings. The van der Waals surface area contributed by atoms with Crippen molar-refractivity contribution in [2.24, 2.45) is 5.92 Å². The largest absolute Gasteiger partial charge is 0.507 e. The van der Waals surface area contributed by atoms with E-state index in [0.29, 0.717) is 59.4 Å². The van der Waals surface area contributed by atoms with Crippen molar-refractivity contribution in [3.05, 3.63) is 160 Å². The molecule has 19 rings (SSSR count). The van der Waals surface area contributed by atoms with Gasteiger partial charge in [-0.25, -0.2) is 0 Å². The summed E-state index contributed by atoms with van der Waals surface area (Å²) < 4.78 is 51.6. The molecule has 636 valence electrons. The van der Waals surface area contributed by atoms with Crippen LogP contribution in [0.15, 0.2) is 81.7 Å². The summed E-state index contributed by atoms with van der Waals surface area (Å²) in [6.45, 7) is 18.9. The number of aromatic hydroxyl groups is 5. The van der Waals surface area contributed by atoms with Crippen LogP contribution in [0.2, 0.25) is 0 Å². The Morgan fingerprint density at radius 3 is 1.79 bits per heavy atom. The van der Waals surface area contributed by atoms with Gasteiger partial charge in [0.25, 0.3) is 0 Å². The van der Waals surface area contributed by atoms with Crippen molar-refractivity contribution < 1.29 is 157 Å². The third-order valence-electron chi connectivity index (χ3n) is 25.4. The molecule has 33 heteroatoms. The lowest BCUT2D eigenvalue weighted by molar-refractivity contribution is -0.207. The average molecular weight is 1660 g/mol. The number of carbonyl (C=O) groups excluding carboxylic acids is 10. The number of carboxylic acid groups (broad SMARTS) is 1. The fourth-order valence-electron chi connectivity index (χ4n) is 19.8. The van der Waals surface area contributed by atoms with Gasteiger partial charge in [0.05, 0.1) is 149 Å². The van der Waals surface area contributed by atoms with Gasteiger partial charge in [0.15, 0.2) is 46.9 Å². The van der Waals surface area contributed by atoms with E-state index in [1.807, 2.05) is 7.05 Å². The van der Waals surface area contributed by atoms with Gasteiger partial charge in [-0.2, -0.15) is 0 Å². The smallest absolute Gasteiger partial charge is 0.309 e. The van der Waals surface area contributed by atoms with Crippen molar-refractivity contribution in [1.82, 2.24) is 5.32 Å². The van der Waals surface area contributed by atoms with Crippen LogP contribution in [0.4, 0.5) is 0 Å². The van der Waals surface area contributed by atoms with E-state index < -0.39 is 179 Å². The van der Waals surface area contributed by atoms with Gasteiger partial charge in [-0.3, -0.25) is 52.7 Å². The minimum Gasteiger partial charge on any atom is -0.507 e. The first-order valence-electron chi connectivity index (χ1n) is 39.7. The third-order valence-corrected chi connectivity index (χ3v) is 25.4. The lowest BCUT2D eigenvalue weighted by Gasteiger charge is -2.52. The number of ether oxygens (including phenoxy) is 9. The first kappa shape index (κ1) is 84.6. The predicted octanol–water partition coefficient (Wildman–Crippen LogP) is 6.04. The lowest BCUT2D eigenvalue weighted by Crippen LogP contribution is -2.66. The second-order valence-electron chi connectivity index (χ2n) is 33.1. The maximum absolute atomic E-state index is 13.6. The number of nitrogens with one attached hydrogen (secondary N) is 1. The summed E-state index contributed by atoms with van der Waals surface area (Å²) in [6, 6.07) is 7.47. The van der Waals surface area contributed by atoms with Crippen LogP contribution in [-0.2, 0) is 68.2 Å². The molecule has 13 N–H and O–H groups in total. The van der Waals surface area contributed by atoms with Crippen LogP contribution in [0.1, 0.15) is 243 Å². The fraction of sp³-hybridized carbons (Fsp3) is 0.483. The molecule has 5 aliphatic carbocycles. The lowest BCUT2D eigenvalue weighted by atomic mass is 9.63. The Balaban J connectivity index is 0.000000125. The Hall–Kier alpha value is -10.4. The van der Waals surface area contributed by atoms with Gasteiger partial charge in [-0.15, -0.1) is 0 Å². The maximum Gasteiger partial charge on any atom is 0.309 e. The average Bonchev–Trinajstić information content (AvgIpc) is 0.801. The summed E-state index contributed by atoms with van der Waals surface area (Å²) >= 11 is 0. The molecule has 33 nitrogen and oxygen atoms in total. The van der Waals surface area contributed by atoms with Gasteiger partial charge in [-0.05, 0) is 118 Å². The molecule has 120 heavy (non-hydrogen) atoms. The molecule has 10 heterocycles. The zero-order valence-electron chi connectivity index (χ0n) is 66.8. The van der Waals surface area contributed by atoms with Gasteiger partial charge < -0.3 is 109 Å². The summed E-state index contributed by atoms with van der Waals surface area (Å²) in [4.78, 5) is 140. The first-order chi connectivity index (χ1) is 56.6. The Morgan fingerprint density at radius 1 is 0.517 bits per heavy atom. The van der Waals surface area contributed by atoms with Crippen LogP contribution >= 0.6 is 0 Å². The molecular formula is C87H91NO32. The topological polar surface area (TPSA) is 526 Å². The number of benzene rings is 4. The van der Waals surface area contributed by atoms with Crippen molar-refractivity contribution in [2.45, 2.75) is 248 Å². The Kier molecular flexibility index (Phi) is 22.1. The van der Waals surface area contributed by atoms with Gasteiger partial charge >= 0.3 is 11.9 Å². The fourth-order valence-corrected chi connectivity index (χ4v) is 19.8. The van der Waals surface area contributed by atoms with Crippen molar-refractivity contribution in [3.8, 4) is 28.7 Å². The van der Waals surface area contributed by atoms with E-state index in [4.69, 9.17) is 47.7 Å². The van der Waals surface area contributed by atoms with Crippen molar-refractivity contribution in [1.29, 1.82) is 0 Å². The normalized spacial score (nSPS) is 33.5. The highest BCUT2D eigenvalue weighted by molar-refractivity contribution is 6.53. The van der Waals surface area contributed by atoms with Crippen LogP contribution in [0.3, 0.4) is 0 Å². The zero-order chi connectivity index (χ0) is 86.8. The molecule has 4 aromatic carbocycles. The molecular weight excluding hydrogens is 1570 g/mol. The summed E-state index contributed by atoms with van der Waals surface area (Å²) in [5.74, 6) is -8.69. The van der Waals surface area contributed by atoms with Crippen LogP contribution in [0.5, 0.6) is 28.7 Å². The highest BCUT2D eigenvalue weighted by Gasteiger charge is 2.63. The number of ketones is 9. The van der Waals surface area contributed by atoms with E-state index in [1.54, 1.807) is 59.7 Å². The highest BCUT2D eigenvalue weighted by Crippen LogP contribution is 2.56. The number of carboxylic acids is 1. The Bertz CT molecular complexity index is 5340. The number of carbonyl (C=O) groups is 11. The number of Topliss-reactive ketones (excluding diaryl/α,β-unsaturated/α-hetero) is 9. The molecule has 0 amide bonds. The van der Waals surface area contributed by atoms with Crippen molar-refractivity contribution in [2.75, 3.05) is 13.6 Å². The molecule has 11 unspecified atom stereocenters. The number of aliphatic hydroxyl groups excluding tert-OH is 5. The monoisotopic (exact) mass is 1660 g/mol. The van der Waals surface area contributed by atoms with Gasteiger partial charge in [0.1, 0.15) is 64.2 Å². The second-order valence-corrected chi connectivity index (χ2v) is 33.1. The summed E-state index contributed by atoms with van der Waals surface area (Å²) in [5, 5.41) is 129. The minimum atomic E-state index is -2.02. The second kappa shape index (κ2) is 31.3. The van der Waals surface area contributed by atoms with Crippen molar-refractivity contribution >= 4 is 69.7 Å². The summed E-state index contributed by atoms with van der Waals surface area (Å²) in [5.41, 5.74) is -0.187. The van der Waals surface area contributed by atoms with Crippen LogP contribution in [0, 0.1) is 12.8 Å². The number of aliphatic hydroxyl groups is 6. The number of fused-ring (bicyclic) bond motifs is 12. The quantitative estimate of drug-likeness (QED) is 0.0543. The van der Waals surface area contributed by atoms with Gasteiger partial charge in [0, 0.05) is 111 Å². The minimum absolute atomic E-state index is 0.0104. The number of hydrogen-bond acceptors (Lipinski definition) is 32. The number of esters is 1. The van der Waals surface area contributed by atoms with E-state index in [1.165, 1.54) is 32.9 Å². The maximum atomic E-state index is 13.6. The molecule has 0 spiro atoms. The van der Waals surface area contributed by atoms with Crippen LogP contribution in [0.25, 0.3) is 5.76 Å². The number of phenolic OH excluding ortho intramolecular Hbond substituents is 5. The number of phenols is 5. The molecule has 22 atom stereocenters. The molecule has 4 aromatic rings. The SMILES string of the molecule is C=C1C[C@H]2O[C@H](C)C3=C(C(=O)c4ccc(C5C[C@@H](CNC)[C@H](O)[C@@H](C)O5)c(O)c4C3=O)[C@H]2O1.CC(=O)C[C@H]1Cc2cc3c(c(O)c2[C@H](C)O1)C(=O)C1=C(C3=O)C2CC(O)C1(O)C(C)O2.CC1OC(C2=C(O)c3cc4c(c(O)c3C(=O)C2=O)[C@H](C)OC2CC(=O)OC42)CC(O)C1O.Cc1cc(O)c2c(c1O)C(=O)C1=C(C[C@@H](CC(=O)O)O[C@@H]1C)C2=O. The number of aliphatic carboxylic acids is 1. The van der Waals surface area contributed by atoms with E-state index in [0.717, 1.165) is 0 Å². The molecule has 0 saturated carbocycles. The number of rotatable bonds is 8. The molecule has 5 saturated heterocycles. The zero-order valence-corrected chi connectivity index (χ0v) is 66.8. The Labute approximate surface area is 684 Å².